The Kier molecular flexibility index (Phi) is 4.56. The lowest BCUT2D eigenvalue weighted by atomic mass is 10.1. The number of fused-ring (bicyclic) bond motifs is 1. The molecule has 0 unspecified atom stereocenters. The standard InChI is InChI=1S/C20H11Cl3N2O2/c21-13-5-2-1-4-11(13)19-12-8-9-18(27)25(16(12)10-17(26)24-19)20-14(22)6-3-7-15(20)23/h1-10H,(H,24,26). The first-order valence-corrected chi connectivity index (χ1v) is 9.06. The van der Waals surface area contributed by atoms with E-state index in [4.69, 9.17) is 34.8 Å². The average Bonchev–Trinajstić information content (AvgIpc) is 2.63. The van der Waals surface area contributed by atoms with E-state index in [1.54, 1.807) is 42.5 Å². The lowest BCUT2D eigenvalue weighted by molar-refractivity contribution is 0.455. The normalized spacial score (nSPS) is 11.1. The second-order valence-electron chi connectivity index (χ2n) is 5.82. The minimum absolute atomic E-state index is 0.250. The average molecular weight is 418 g/mol. The molecule has 4 rings (SSSR count). The molecule has 0 saturated heterocycles. The maximum atomic E-state index is 12.7. The van der Waals surface area contributed by atoms with Gasteiger partial charge in [-0.3, -0.25) is 9.36 Å². The van der Waals surface area contributed by atoms with E-state index in [0.29, 0.717) is 42.9 Å². The summed E-state index contributed by atoms with van der Waals surface area (Å²) in [4.78, 5) is 16.9. The number of hydrogen-bond acceptors (Lipinski definition) is 3. The molecule has 2 aromatic carbocycles. The Morgan fingerprint density at radius 2 is 1.52 bits per heavy atom. The third kappa shape index (κ3) is 3.06. The molecule has 1 N–H and O–H groups in total. The molecule has 0 radical (unpaired) electrons. The molecule has 27 heavy (non-hydrogen) atoms. The minimum atomic E-state index is -0.340. The summed E-state index contributed by atoms with van der Waals surface area (Å²) in [7, 11) is 0. The largest absolute Gasteiger partial charge is 0.493 e. The van der Waals surface area contributed by atoms with Crippen molar-refractivity contribution in [3.63, 3.8) is 0 Å². The van der Waals surface area contributed by atoms with Gasteiger partial charge >= 0.3 is 0 Å². The van der Waals surface area contributed by atoms with Crippen LogP contribution in [0.5, 0.6) is 5.88 Å². The highest BCUT2D eigenvalue weighted by molar-refractivity contribution is 6.38. The number of nitrogens with zero attached hydrogens (tertiary/aromatic N) is 2. The highest BCUT2D eigenvalue weighted by Crippen LogP contribution is 2.36. The van der Waals surface area contributed by atoms with Crippen LogP contribution in [-0.2, 0) is 0 Å². The van der Waals surface area contributed by atoms with Crippen molar-refractivity contribution >= 4 is 45.7 Å². The van der Waals surface area contributed by atoms with Gasteiger partial charge in [0.25, 0.3) is 5.56 Å². The summed E-state index contributed by atoms with van der Waals surface area (Å²) in [5, 5.41) is 12.0. The number of aromatic nitrogens is 2. The van der Waals surface area contributed by atoms with Crippen LogP contribution in [0.1, 0.15) is 0 Å². The third-order valence-electron chi connectivity index (χ3n) is 4.17. The Labute approximate surface area is 169 Å². The number of benzene rings is 2. The first-order valence-electron chi connectivity index (χ1n) is 7.92. The first-order chi connectivity index (χ1) is 13.0. The molecule has 0 amide bonds. The quantitative estimate of drug-likeness (QED) is 0.454. The van der Waals surface area contributed by atoms with E-state index in [9.17, 15) is 9.90 Å². The number of rotatable bonds is 2. The van der Waals surface area contributed by atoms with Gasteiger partial charge in [-0.05, 0) is 24.3 Å². The molecule has 7 heteroatoms. The SMILES string of the molecule is O=c1ccc2c(-c3ccccc3Cl)nc(O)cc2n1-c1c(Cl)cccc1Cl. The zero-order chi connectivity index (χ0) is 19.1. The zero-order valence-electron chi connectivity index (χ0n) is 13.7. The van der Waals surface area contributed by atoms with Gasteiger partial charge in [0, 0.05) is 28.1 Å². The number of aromatic hydroxyl groups is 1. The van der Waals surface area contributed by atoms with Crippen molar-refractivity contribution in [3.8, 4) is 22.8 Å². The minimum Gasteiger partial charge on any atom is -0.493 e. The molecule has 0 bridgehead atoms. The van der Waals surface area contributed by atoms with Crippen LogP contribution in [-0.4, -0.2) is 14.7 Å². The molecular formula is C20H11Cl3N2O2. The topological polar surface area (TPSA) is 55.1 Å². The van der Waals surface area contributed by atoms with E-state index >= 15 is 0 Å². The molecule has 0 aliphatic rings. The molecule has 0 fully saturated rings. The third-order valence-corrected chi connectivity index (χ3v) is 5.11. The van der Waals surface area contributed by atoms with Crippen LogP contribution < -0.4 is 5.56 Å². The van der Waals surface area contributed by atoms with E-state index in [0.717, 1.165) is 0 Å². The molecule has 0 saturated carbocycles. The van der Waals surface area contributed by atoms with E-state index in [1.165, 1.54) is 16.7 Å². The fourth-order valence-electron chi connectivity index (χ4n) is 3.02. The molecule has 4 nitrogen and oxygen atoms in total. The molecule has 0 aliphatic heterocycles. The Hall–Kier alpha value is -2.53. The van der Waals surface area contributed by atoms with Crippen LogP contribution >= 0.6 is 34.8 Å². The summed E-state index contributed by atoms with van der Waals surface area (Å²) in [5.74, 6) is -0.250. The first kappa shape index (κ1) is 17.9. The van der Waals surface area contributed by atoms with Gasteiger partial charge in [-0.25, -0.2) is 4.98 Å². The lowest BCUT2D eigenvalue weighted by Gasteiger charge is -2.15. The van der Waals surface area contributed by atoms with E-state index in [1.807, 2.05) is 6.07 Å². The van der Waals surface area contributed by atoms with Crippen LogP contribution in [0.15, 0.2) is 65.5 Å². The second kappa shape index (κ2) is 6.89. The van der Waals surface area contributed by atoms with Crippen LogP contribution in [0, 0.1) is 0 Å². The summed E-state index contributed by atoms with van der Waals surface area (Å²) in [6, 6.07) is 16.6. The molecule has 134 valence electrons. The van der Waals surface area contributed by atoms with E-state index < -0.39 is 0 Å². The van der Waals surface area contributed by atoms with Gasteiger partial charge in [-0.1, -0.05) is 59.1 Å². The Balaban J connectivity index is 2.16. The molecule has 4 aromatic rings. The van der Waals surface area contributed by atoms with E-state index in [-0.39, 0.29) is 11.4 Å². The van der Waals surface area contributed by atoms with Crippen molar-refractivity contribution < 1.29 is 5.11 Å². The summed E-state index contributed by atoms with van der Waals surface area (Å²) in [5.41, 5.74) is 1.50. The predicted octanol–water partition coefficient (Wildman–Crippen LogP) is 5.72. The summed E-state index contributed by atoms with van der Waals surface area (Å²) in [6.07, 6.45) is 0. The van der Waals surface area contributed by atoms with Crippen molar-refractivity contribution in [2.24, 2.45) is 0 Å². The van der Waals surface area contributed by atoms with Gasteiger partial charge in [-0.2, -0.15) is 0 Å². The lowest BCUT2D eigenvalue weighted by Crippen LogP contribution is -2.18. The Morgan fingerprint density at radius 1 is 0.852 bits per heavy atom. The van der Waals surface area contributed by atoms with Gasteiger partial charge in [0.1, 0.15) is 0 Å². The summed E-state index contributed by atoms with van der Waals surface area (Å²) < 4.78 is 1.36. The highest BCUT2D eigenvalue weighted by atomic mass is 35.5. The van der Waals surface area contributed by atoms with E-state index in [2.05, 4.69) is 4.98 Å². The Morgan fingerprint density at radius 3 is 2.22 bits per heavy atom. The van der Waals surface area contributed by atoms with Gasteiger partial charge in [-0.15, -0.1) is 0 Å². The molecule has 0 atom stereocenters. The van der Waals surface area contributed by atoms with Gasteiger partial charge in [0.05, 0.1) is 26.9 Å². The molecular weight excluding hydrogens is 407 g/mol. The number of para-hydroxylation sites is 1. The summed E-state index contributed by atoms with van der Waals surface area (Å²) >= 11 is 18.9. The predicted molar refractivity (Wildman–Crippen MR) is 109 cm³/mol. The van der Waals surface area contributed by atoms with Gasteiger partial charge in [0.2, 0.25) is 5.88 Å². The number of hydrogen-bond donors (Lipinski definition) is 1. The van der Waals surface area contributed by atoms with Gasteiger partial charge < -0.3 is 5.11 Å². The van der Waals surface area contributed by atoms with Crippen molar-refractivity contribution in [1.82, 2.24) is 9.55 Å². The number of halogens is 3. The molecule has 0 spiro atoms. The van der Waals surface area contributed by atoms with Crippen LogP contribution in [0.2, 0.25) is 15.1 Å². The smallest absolute Gasteiger partial charge is 0.255 e. The maximum absolute atomic E-state index is 12.7. The summed E-state index contributed by atoms with van der Waals surface area (Å²) in [6.45, 7) is 0. The molecule has 2 aromatic heterocycles. The monoisotopic (exact) mass is 416 g/mol. The van der Waals surface area contributed by atoms with Crippen molar-refractivity contribution in [1.29, 1.82) is 0 Å². The number of pyridine rings is 2. The fraction of sp³-hybridized carbons (Fsp3) is 0. The van der Waals surface area contributed by atoms with Crippen LogP contribution in [0.4, 0.5) is 0 Å². The van der Waals surface area contributed by atoms with Crippen LogP contribution in [0.3, 0.4) is 0 Å². The molecule has 0 aliphatic carbocycles. The maximum Gasteiger partial charge on any atom is 0.255 e. The van der Waals surface area contributed by atoms with Crippen molar-refractivity contribution in [3.05, 3.63) is 86.1 Å². The zero-order valence-corrected chi connectivity index (χ0v) is 15.9. The van der Waals surface area contributed by atoms with Crippen molar-refractivity contribution in [2.45, 2.75) is 0 Å². The highest BCUT2D eigenvalue weighted by Gasteiger charge is 2.17. The van der Waals surface area contributed by atoms with Crippen LogP contribution in [0.25, 0.3) is 27.8 Å². The fourth-order valence-corrected chi connectivity index (χ4v) is 3.81. The Bertz CT molecular complexity index is 1230. The molecule has 2 heterocycles. The second-order valence-corrected chi connectivity index (χ2v) is 7.04. The van der Waals surface area contributed by atoms with Crippen molar-refractivity contribution in [2.75, 3.05) is 0 Å². The van der Waals surface area contributed by atoms with Gasteiger partial charge in [0.15, 0.2) is 0 Å².